The second-order valence-corrected chi connectivity index (χ2v) is 11.0. The zero-order valence-electron chi connectivity index (χ0n) is 22.1. The van der Waals surface area contributed by atoms with E-state index < -0.39 is 12.1 Å². The number of benzene rings is 1. The third kappa shape index (κ3) is 7.34. The third-order valence-electron chi connectivity index (χ3n) is 6.81. The number of carbonyl (C=O) groups is 2. The lowest BCUT2D eigenvalue weighted by atomic mass is 10.0. The Labute approximate surface area is 241 Å². The van der Waals surface area contributed by atoms with Gasteiger partial charge in [-0.2, -0.15) is 13.2 Å². The van der Waals surface area contributed by atoms with Crippen molar-refractivity contribution in [2.24, 2.45) is 0 Å². The summed E-state index contributed by atoms with van der Waals surface area (Å²) in [4.78, 5) is 42.0. The Morgan fingerprint density at radius 1 is 1.22 bits per heavy atom. The first-order valence-corrected chi connectivity index (χ1v) is 13.8. The normalized spacial score (nSPS) is 14.2. The summed E-state index contributed by atoms with van der Waals surface area (Å²) in [7, 11) is 0. The molecular formula is C27H27ClF3N5O4S. The largest absolute Gasteiger partial charge is 0.490 e. The molecule has 3 N–H and O–H groups in total. The molecule has 1 amide bonds. The standard InChI is InChI=1S/C25H26ClN5O2S.C2HF3O2/c1-15-20(16(2)31-23(28-15)12-25(33)29-31)11-24(32)27-13-21(17-3-5-19(26)6-4-17)30-9-7-22-18(14-30)8-10-34-22;3-2(4,5)1(6)7/h3-6,8,10,12,21H,7,9,11,13-14H2,1-2H3,(H,27,32)(H,29,33);(H,6,7). The lowest BCUT2D eigenvalue weighted by Gasteiger charge is -2.35. The predicted octanol–water partition coefficient (Wildman–Crippen LogP) is 4.45. The number of halogens is 4. The molecule has 41 heavy (non-hydrogen) atoms. The molecule has 0 bridgehead atoms. The Morgan fingerprint density at radius 3 is 2.56 bits per heavy atom. The molecular weight excluding hydrogens is 583 g/mol. The number of nitrogens with zero attached hydrogens (tertiary/aromatic N) is 3. The summed E-state index contributed by atoms with van der Waals surface area (Å²) in [5.74, 6) is -2.83. The summed E-state index contributed by atoms with van der Waals surface area (Å²) >= 11 is 7.95. The number of carboxylic acids is 1. The average Bonchev–Trinajstić information content (AvgIpc) is 3.53. The van der Waals surface area contributed by atoms with Crippen molar-refractivity contribution < 1.29 is 27.9 Å². The monoisotopic (exact) mass is 609 g/mol. The van der Waals surface area contributed by atoms with Gasteiger partial charge in [-0.25, -0.2) is 14.3 Å². The fraction of sp³-hybridized carbons (Fsp3) is 0.333. The number of aliphatic carboxylic acids is 1. The number of rotatable bonds is 6. The van der Waals surface area contributed by atoms with Gasteiger partial charge in [0.05, 0.1) is 12.5 Å². The number of hydrogen-bond donors (Lipinski definition) is 3. The molecule has 1 aliphatic heterocycles. The Morgan fingerprint density at radius 2 is 1.90 bits per heavy atom. The summed E-state index contributed by atoms with van der Waals surface area (Å²) < 4.78 is 33.4. The molecule has 1 unspecified atom stereocenters. The van der Waals surface area contributed by atoms with Crippen molar-refractivity contribution in [1.82, 2.24) is 24.8 Å². The molecule has 1 aliphatic rings. The van der Waals surface area contributed by atoms with E-state index in [2.05, 4.69) is 31.7 Å². The fourth-order valence-corrected chi connectivity index (χ4v) is 5.74. The molecule has 14 heteroatoms. The van der Waals surface area contributed by atoms with Crippen molar-refractivity contribution in [2.75, 3.05) is 13.1 Å². The van der Waals surface area contributed by atoms with Gasteiger partial charge in [0.15, 0.2) is 5.65 Å². The number of hydrogen-bond acceptors (Lipinski definition) is 6. The van der Waals surface area contributed by atoms with Gasteiger partial charge in [-0.1, -0.05) is 23.7 Å². The van der Waals surface area contributed by atoms with Gasteiger partial charge in [0.2, 0.25) is 5.91 Å². The van der Waals surface area contributed by atoms with Crippen LogP contribution in [0.1, 0.15) is 39.0 Å². The number of carbonyl (C=O) groups excluding carboxylic acids is 1. The van der Waals surface area contributed by atoms with Gasteiger partial charge < -0.3 is 10.4 Å². The van der Waals surface area contributed by atoms with E-state index in [1.165, 1.54) is 16.5 Å². The van der Waals surface area contributed by atoms with Crippen LogP contribution in [0, 0.1) is 13.8 Å². The highest BCUT2D eigenvalue weighted by molar-refractivity contribution is 7.10. The molecule has 0 fully saturated rings. The number of aromatic amines is 1. The number of alkyl halides is 3. The summed E-state index contributed by atoms with van der Waals surface area (Å²) in [5, 5.41) is 15.9. The van der Waals surface area contributed by atoms with E-state index in [9.17, 15) is 22.8 Å². The molecule has 0 saturated carbocycles. The minimum absolute atomic E-state index is 0.0397. The topological polar surface area (TPSA) is 120 Å². The minimum Gasteiger partial charge on any atom is -0.475 e. The van der Waals surface area contributed by atoms with E-state index in [4.69, 9.17) is 21.5 Å². The Kier molecular flexibility index (Phi) is 9.20. The molecule has 0 radical (unpaired) electrons. The summed E-state index contributed by atoms with van der Waals surface area (Å²) in [6, 6.07) is 11.6. The maximum atomic E-state index is 13.0. The smallest absolute Gasteiger partial charge is 0.475 e. The lowest BCUT2D eigenvalue weighted by Crippen LogP contribution is -2.40. The Bertz CT molecular complexity index is 1610. The second kappa shape index (κ2) is 12.5. The van der Waals surface area contributed by atoms with Gasteiger partial charge in [-0.15, -0.1) is 11.3 Å². The number of H-pyrrole nitrogens is 1. The van der Waals surface area contributed by atoms with Gasteiger partial charge in [0.1, 0.15) is 0 Å². The molecule has 1 aromatic carbocycles. The molecule has 4 aromatic rings. The number of carboxylic acid groups (broad SMARTS) is 1. The van der Waals surface area contributed by atoms with Gasteiger partial charge in [0, 0.05) is 52.6 Å². The number of thiophene rings is 1. The van der Waals surface area contributed by atoms with Crippen LogP contribution >= 0.6 is 22.9 Å². The number of amides is 1. The second-order valence-electron chi connectivity index (χ2n) is 9.52. The zero-order valence-corrected chi connectivity index (χ0v) is 23.7. The SMILES string of the molecule is Cc1nc2cc(=O)[nH]n2c(C)c1CC(=O)NCC(c1ccc(Cl)cc1)N1CCc2sccc2C1.O=C(O)C(F)(F)F. The highest BCUT2D eigenvalue weighted by Crippen LogP contribution is 2.30. The molecule has 0 spiro atoms. The van der Waals surface area contributed by atoms with Crippen LogP contribution in [0.25, 0.3) is 5.65 Å². The zero-order chi connectivity index (χ0) is 29.9. The van der Waals surface area contributed by atoms with Crippen LogP contribution < -0.4 is 10.9 Å². The average molecular weight is 610 g/mol. The highest BCUT2D eigenvalue weighted by atomic mass is 35.5. The maximum absolute atomic E-state index is 13.0. The van der Waals surface area contributed by atoms with E-state index in [0.717, 1.165) is 42.0 Å². The van der Waals surface area contributed by atoms with E-state index in [-0.39, 0.29) is 23.9 Å². The molecule has 9 nitrogen and oxygen atoms in total. The van der Waals surface area contributed by atoms with Crippen LogP contribution in [0.3, 0.4) is 0 Å². The summed E-state index contributed by atoms with van der Waals surface area (Å²) in [5.41, 5.74) is 5.23. The number of nitrogens with one attached hydrogen (secondary N) is 2. The van der Waals surface area contributed by atoms with E-state index >= 15 is 0 Å². The van der Waals surface area contributed by atoms with Crippen molar-refractivity contribution in [1.29, 1.82) is 0 Å². The first kappa shape index (κ1) is 30.3. The quantitative estimate of drug-likeness (QED) is 0.297. The molecule has 3 aromatic heterocycles. The van der Waals surface area contributed by atoms with Crippen LogP contribution in [0.5, 0.6) is 0 Å². The molecule has 0 saturated heterocycles. The number of fused-ring (bicyclic) bond motifs is 2. The van der Waals surface area contributed by atoms with Gasteiger partial charge in [-0.05, 0) is 55.0 Å². The molecule has 5 rings (SSSR count). The Balaban J connectivity index is 0.000000493. The number of aryl methyl sites for hydroxylation is 2. The molecule has 4 heterocycles. The molecule has 218 valence electrons. The summed E-state index contributed by atoms with van der Waals surface area (Å²) in [6.45, 7) is 6.06. The van der Waals surface area contributed by atoms with Crippen molar-refractivity contribution in [3.8, 4) is 0 Å². The fourth-order valence-electron chi connectivity index (χ4n) is 4.72. The van der Waals surface area contributed by atoms with E-state index in [0.29, 0.717) is 17.2 Å². The van der Waals surface area contributed by atoms with Gasteiger partial charge in [0.25, 0.3) is 5.56 Å². The number of aromatic nitrogens is 3. The highest BCUT2D eigenvalue weighted by Gasteiger charge is 2.38. The van der Waals surface area contributed by atoms with Crippen LogP contribution in [0.15, 0.2) is 46.6 Å². The van der Waals surface area contributed by atoms with Crippen molar-refractivity contribution in [3.63, 3.8) is 0 Å². The van der Waals surface area contributed by atoms with Gasteiger partial charge in [-0.3, -0.25) is 19.6 Å². The van der Waals surface area contributed by atoms with E-state index in [1.54, 1.807) is 4.52 Å². The van der Waals surface area contributed by atoms with Crippen LogP contribution in [-0.2, 0) is 29.0 Å². The van der Waals surface area contributed by atoms with Crippen molar-refractivity contribution in [3.05, 3.63) is 90.1 Å². The molecule has 1 atom stereocenters. The van der Waals surface area contributed by atoms with E-state index in [1.807, 2.05) is 49.4 Å². The summed E-state index contributed by atoms with van der Waals surface area (Å²) in [6.07, 6.45) is -3.87. The first-order valence-electron chi connectivity index (χ1n) is 12.5. The van der Waals surface area contributed by atoms with Crippen molar-refractivity contribution >= 4 is 40.5 Å². The Hall–Kier alpha value is -3.68. The van der Waals surface area contributed by atoms with Crippen LogP contribution in [0.2, 0.25) is 5.02 Å². The van der Waals surface area contributed by atoms with Crippen LogP contribution in [0.4, 0.5) is 13.2 Å². The first-order chi connectivity index (χ1) is 19.3. The van der Waals surface area contributed by atoms with Crippen molar-refractivity contribution in [2.45, 2.75) is 45.5 Å². The molecule has 0 aliphatic carbocycles. The minimum atomic E-state index is -5.08. The predicted molar refractivity (Wildman–Crippen MR) is 148 cm³/mol. The van der Waals surface area contributed by atoms with Gasteiger partial charge >= 0.3 is 12.1 Å². The van der Waals surface area contributed by atoms with Crippen LogP contribution in [-0.4, -0.2) is 55.7 Å². The maximum Gasteiger partial charge on any atom is 0.490 e. The lowest BCUT2D eigenvalue weighted by molar-refractivity contribution is -0.192. The third-order valence-corrected chi connectivity index (χ3v) is 8.08.